The first kappa shape index (κ1) is 23.0. The molecule has 4 atom stereocenters. The molecule has 4 unspecified atom stereocenters. The van der Waals surface area contributed by atoms with Crippen LogP contribution in [0.25, 0.3) is 0 Å². The van der Waals surface area contributed by atoms with Crippen LogP contribution in [0.5, 0.6) is 0 Å². The smallest absolute Gasteiger partial charge is 0.237 e. The first-order valence-electron chi connectivity index (χ1n) is 12.7. The van der Waals surface area contributed by atoms with Gasteiger partial charge in [-0.3, -0.25) is 15.1 Å². The van der Waals surface area contributed by atoms with Crippen LogP contribution >= 0.6 is 0 Å². The number of hydrogen-bond acceptors (Lipinski definition) is 4. The molecule has 1 aliphatic heterocycles. The summed E-state index contributed by atoms with van der Waals surface area (Å²) in [7, 11) is 0. The van der Waals surface area contributed by atoms with Gasteiger partial charge in [-0.15, -0.1) is 0 Å². The lowest BCUT2D eigenvalue weighted by Gasteiger charge is -2.38. The summed E-state index contributed by atoms with van der Waals surface area (Å²) in [5.74, 6) is 1.72. The van der Waals surface area contributed by atoms with Crippen molar-refractivity contribution < 1.29 is 9.18 Å². The Morgan fingerprint density at radius 3 is 2.39 bits per heavy atom. The number of hydrogen-bond donors (Lipinski definition) is 4. The van der Waals surface area contributed by atoms with Crippen molar-refractivity contribution in [3.63, 3.8) is 0 Å². The number of fused-ring (bicyclic) bond motifs is 1. The minimum atomic E-state index is -0.621. The summed E-state index contributed by atoms with van der Waals surface area (Å²) in [5.41, 5.74) is 11.9. The predicted octanol–water partition coefficient (Wildman–Crippen LogP) is 3.09. The van der Waals surface area contributed by atoms with Crippen molar-refractivity contribution in [3.8, 4) is 0 Å². The zero-order chi connectivity index (χ0) is 22.0. The maximum absolute atomic E-state index is 13.5. The van der Waals surface area contributed by atoms with Gasteiger partial charge in [-0.25, -0.2) is 4.39 Å². The van der Waals surface area contributed by atoms with Crippen molar-refractivity contribution in [2.24, 2.45) is 29.2 Å². The van der Waals surface area contributed by atoms with E-state index in [2.05, 4.69) is 10.2 Å². The fourth-order valence-corrected chi connectivity index (χ4v) is 6.71. The molecule has 1 saturated heterocycles. The van der Waals surface area contributed by atoms with Crippen molar-refractivity contribution in [1.29, 1.82) is 5.41 Å². The number of amidine groups is 1. The minimum Gasteiger partial charge on any atom is -0.387 e. The van der Waals surface area contributed by atoms with Gasteiger partial charge in [-0.1, -0.05) is 0 Å². The predicted molar refractivity (Wildman–Crippen MR) is 121 cm³/mol. The molecule has 0 radical (unpaired) electrons. The third kappa shape index (κ3) is 5.59. The first-order chi connectivity index (χ1) is 14.9. The minimum absolute atomic E-state index is 0.0752. The van der Waals surface area contributed by atoms with Crippen LogP contribution < -0.4 is 16.8 Å². The normalized spacial score (nSPS) is 41.5. The van der Waals surface area contributed by atoms with Crippen LogP contribution in [-0.2, 0) is 4.79 Å². The van der Waals surface area contributed by atoms with Gasteiger partial charge in [0, 0.05) is 24.0 Å². The van der Waals surface area contributed by atoms with E-state index in [0.29, 0.717) is 36.6 Å². The molecule has 3 saturated carbocycles. The number of carbonyl (C=O) groups excluding carboxylic acids is 1. The lowest BCUT2D eigenvalue weighted by atomic mass is 9.78. The molecule has 0 spiro atoms. The van der Waals surface area contributed by atoms with Crippen LogP contribution in [0.2, 0.25) is 0 Å². The Labute approximate surface area is 186 Å². The number of halogens is 1. The maximum Gasteiger partial charge on any atom is 0.237 e. The average molecular weight is 436 g/mol. The molecule has 7 heteroatoms. The molecule has 176 valence electrons. The Bertz CT molecular complexity index is 629. The Balaban J connectivity index is 1.40. The topological polar surface area (TPSA) is 108 Å². The van der Waals surface area contributed by atoms with Gasteiger partial charge < -0.3 is 16.8 Å². The van der Waals surface area contributed by atoms with Crippen molar-refractivity contribution in [3.05, 3.63) is 0 Å². The number of rotatable bonds is 6. The van der Waals surface area contributed by atoms with Crippen LogP contribution in [0, 0.1) is 23.2 Å². The molecular weight excluding hydrogens is 393 g/mol. The van der Waals surface area contributed by atoms with Crippen molar-refractivity contribution in [2.45, 2.75) is 114 Å². The number of carbonyl (C=O) groups is 1. The third-order valence-electron chi connectivity index (χ3n) is 8.74. The Morgan fingerprint density at radius 2 is 1.71 bits per heavy atom. The van der Waals surface area contributed by atoms with E-state index < -0.39 is 6.17 Å². The van der Waals surface area contributed by atoms with Gasteiger partial charge in [0.15, 0.2) is 0 Å². The molecule has 6 N–H and O–H groups in total. The SMILES string of the molecule is N=C(N)C1CCC2CC(C(=O)NC3CCC(N)CC3)N(CCC3CCC(F)CC3)C2C1. The van der Waals surface area contributed by atoms with Gasteiger partial charge >= 0.3 is 0 Å². The lowest BCUT2D eigenvalue weighted by Crippen LogP contribution is -2.51. The molecule has 0 aromatic rings. The van der Waals surface area contributed by atoms with E-state index in [0.717, 1.165) is 77.2 Å². The molecule has 4 fully saturated rings. The van der Waals surface area contributed by atoms with Gasteiger partial charge in [0.25, 0.3) is 0 Å². The monoisotopic (exact) mass is 435 g/mol. The summed E-state index contributed by atoms with van der Waals surface area (Å²) in [6.45, 7) is 0.904. The molecular formula is C24H42FN5O. The fourth-order valence-electron chi connectivity index (χ4n) is 6.71. The molecule has 0 bridgehead atoms. The molecule has 4 rings (SSSR count). The second-order valence-corrected chi connectivity index (χ2v) is 10.8. The number of nitrogens with two attached hydrogens (primary N) is 2. The molecule has 6 nitrogen and oxygen atoms in total. The first-order valence-corrected chi connectivity index (χ1v) is 12.7. The Morgan fingerprint density at radius 1 is 1.00 bits per heavy atom. The van der Waals surface area contributed by atoms with Gasteiger partial charge in [-0.05, 0) is 102 Å². The highest BCUT2D eigenvalue weighted by atomic mass is 19.1. The van der Waals surface area contributed by atoms with Crippen LogP contribution in [0.1, 0.15) is 83.5 Å². The zero-order valence-corrected chi connectivity index (χ0v) is 18.9. The van der Waals surface area contributed by atoms with Crippen LogP contribution in [0.4, 0.5) is 4.39 Å². The quantitative estimate of drug-likeness (QED) is 0.380. The fraction of sp³-hybridized carbons (Fsp3) is 0.917. The second kappa shape index (κ2) is 10.2. The largest absolute Gasteiger partial charge is 0.387 e. The summed E-state index contributed by atoms with van der Waals surface area (Å²) in [5, 5.41) is 11.3. The summed E-state index contributed by atoms with van der Waals surface area (Å²) >= 11 is 0. The lowest BCUT2D eigenvalue weighted by molar-refractivity contribution is -0.127. The molecule has 3 aliphatic carbocycles. The van der Waals surface area contributed by atoms with E-state index in [1.54, 1.807) is 0 Å². The standard InChI is InChI=1S/C24H42FN5O/c25-18-5-1-15(2-6-18)11-12-30-21-14-17(23(27)28)4-3-16(21)13-22(30)24(31)29-20-9-7-19(26)8-10-20/h15-22H,1-14,26H2,(H3,27,28)(H,29,31). The van der Waals surface area contributed by atoms with Gasteiger partial charge in [-0.2, -0.15) is 0 Å². The van der Waals surface area contributed by atoms with E-state index in [4.69, 9.17) is 16.9 Å². The number of nitrogens with one attached hydrogen (secondary N) is 2. The summed E-state index contributed by atoms with van der Waals surface area (Å²) in [6.07, 6.45) is 11.5. The summed E-state index contributed by atoms with van der Waals surface area (Å²) in [6, 6.07) is 0.799. The van der Waals surface area contributed by atoms with Gasteiger partial charge in [0.1, 0.15) is 6.17 Å². The van der Waals surface area contributed by atoms with Crippen LogP contribution in [0.15, 0.2) is 0 Å². The average Bonchev–Trinajstić information content (AvgIpc) is 3.13. The van der Waals surface area contributed by atoms with E-state index in [-0.39, 0.29) is 30.0 Å². The third-order valence-corrected chi connectivity index (χ3v) is 8.74. The van der Waals surface area contributed by atoms with Crippen molar-refractivity contribution >= 4 is 11.7 Å². The number of alkyl halides is 1. The molecule has 1 amide bonds. The maximum atomic E-state index is 13.5. The molecule has 1 heterocycles. The van der Waals surface area contributed by atoms with Gasteiger partial charge in [0.05, 0.1) is 11.9 Å². The Hall–Kier alpha value is -1.21. The van der Waals surface area contributed by atoms with E-state index >= 15 is 0 Å². The van der Waals surface area contributed by atoms with E-state index in [1.165, 1.54) is 0 Å². The molecule has 0 aromatic heterocycles. The summed E-state index contributed by atoms with van der Waals surface area (Å²) in [4.78, 5) is 15.8. The highest BCUT2D eigenvalue weighted by molar-refractivity contribution is 5.83. The van der Waals surface area contributed by atoms with E-state index in [1.807, 2.05) is 0 Å². The second-order valence-electron chi connectivity index (χ2n) is 10.8. The van der Waals surface area contributed by atoms with Crippen LogP contribution in [-0.4, -0.2) is 53.5 Å². The highest BCUT2D eigenvalue weighted by Gasteiger charge is 2.47. The highest BCUT2D eigenvalue weighted by Crippen LogP contribution is 2.42. The number of nitrogens with zero attached hydrogens (tertiary/aromatic N) is 1. The molecule has 0 aromatic carbocycles. The summed E-state index contributed by atoms with van der Waals surface area (Å²) < 4.78 is 13.5. The molecule has 31 heavy (non-hydrogen) atoms. The van der Waals surface area contributed by atoms with E-state index in [9.17, 15) is 9.18 Å². The van der Waals surface area contributed by atoms with Gasteiger partial charge in [0.2, 0.25) is 5.91 Å². The van der Waals surface area contributed by atoms with Crippen molar-refractivity contribution in [2.75, 3.05) is 6.54 Å². The zero-order valence-electron chi connectivity index (χ0n) is 18.9. The number of amides is 1. The number of likely N-dealkylation sites (tertiary alicyclic amines) is 1. The van der Waals surface area contributed by atoms with Crippen LogP contribution in [0.3, 0.4) is 0 Å². The molecule has 4 aliphatic rings. The van der Waals surface area contributed by atoms with Crippen molar-refractivity contribution in [1.82, 2.24) is 10.2 Å². The Kier molecular flexibility index (Phi) is 7.52.